The van der Waals surface area contributed by atoms with Crippen LogP contribution in [0.2, 0.25) is 0 Å². The van der Waals surface area contributed by atoms with Crippen molar-refractivity contribution in [1.82, 2.24) is 4.90 Å². The number of carboxylic acid groups (broad SMARTS) is 1. The van der Waals surface area contributed by atoms with Gasteiger partial charge in [-0.25, -0.2) is 4.79 Å². The quantitative estimate of drug-likeness (QED) is 0.777. The van der Waals surface area contributed by atoms with Gasteiger partial charge in [0.2, 0.25) is 0 Å². The molecule has 1 saturated carbocycles. The van der Waals surface area contributed by atoms with Crippen LogP contribution in [-0.4, -0.2) is 40.3 Å². The minimum Gasteiger partial charge on any atom is -0.481 e. The molecule has 1 amide bonds. The lowest BCUT2D eigenvalue weighted by atomic mass is 9.97. The number of amides is 1. The van der Waals surface area contributed by atoms with Crippen LogP contribution in [0.1, 0.15) is 34.6 Å². The van der Waals surface area contributed by atoms with E-state index in [1.807, 2.05) is 34.6 Å². The van der Waals surface area contributed by atoms with E-state index in [4.69, 9.17) is 4.74 Å². The van der Waals surface area contributed by atoms with Gasteiger partial charge in [-0.3, -0.25) is 4.79 Å². The maximum Gasteiger partial charge on any atom is 0.410 e. The van der Waals surface area contributed by atoms with Crippen molar-refractivity contribution in [2.75, 3.05) is 6.54 Å². The Morgan fingerprint density at radius 1 is 1.33 bits per heavy atom. The Morgan fingerprint density at radius 3 is 2.28 bits per heavy atom. The van der Waals surface area contributed by atoms with Crippen molar-refractivity contribution >= 4 is 12.1 Å². The Kier molecular flexibility index (Phi) is 2.65. The van der Waals surface area contributed by atoms with Crippen LogP contribution in [0.25, 0.3) is 0 Å². The number of likely N-dealkylation sites (tertiary alicyclic amines) is 1. The zero-order valence-corrected chi connectivity index (χ0v) is 11.6. The molecule has 5 heteroatoms. The molecule has 0 aromatic carbocycles. The van der Waals surface area contributed by atoms with Crippen molar-refractivity contribution < 1.29 is 19.4 Å². The van der Waals surface area contributed by atoms with Gasteiger partial charge in [0.1, 0.15) is 5.60 Å². The predicted octanol–water partition coefficient (Wildman–Crippen LogP) is 1.96. The van der Waals surface area contributed by atoms with Crippen LogP contribution >= 0.6 is 0 Å². The average molecular weight is 255 g/mol. The highest BCUT2D eigenvalue weighted by molar-refractivity contribution is 5.77. The number of hydrogen-bond acceptors (Lipinski definition) is 3. The van der Waals surface area contributed by atoms with E-state index in [1.165, 1.54) is 0 Å². The topological polar surface area (TPSA) is 66.8 Å². The molecule has 0 aromatic heterocycles. The van der Waals surface area contributed by atoms with Gasteiger partial charge in [-0.1, -0.05) is 13.8 Å². The number of hydrogen-bond donors (Lipinski definition) is 1. The second-order valence-electron chi connectivity index (χ2n) is 6.87. The van der Waals surface area contributed by atoms with E-state index in [-0.39, 0.29) is 23.9 Å². The van der Waals surface area contributed by atoms with Crippen LogP contribution < -0.4 is 0 Å². The molecule has 0 bridgehead atoms. The fourth-order valence-electron chi connectivity index (χ4n) is 3.16. The number of piperidine rings is 1. The molecule has 102 valence electrons. The smallest absolute Gasteiger partial charge is 0.410 e. The van der Waals surface area contributed by atoms with Crippen LogP contribution in [-0.2, 0) is 9.53 Å². The van der Waals surface area contributed by atoms with Gasteiger partial charge in [-0.15, -0.1) is 0 Å². The van der Waals surface area contributed by atoms with Crippen LogP contribution in [0.4, 0.5) is 4.79 Å². The van der Waals surface area contributed by atoms with E-state index >= 15 is 0 Å². The Bertz CT molecular complexity index is 396. The van der Waals surface area contributed by atoms with E-state index in [0.29, 0.717) is 0 Å². The van der Waals surface area contributed by atoms with Crippen LogP contribution in [0.3, 0.4) is 0 Å². The highest BCUT2D eigenvalue weighted by atomic mass is 16.6. The molecule has 1 N–H and O–H groups in total. The maximum atomic E-state index is 12.1. The first-order valence-corrected chi connectivity index (χ1v) is 6.28. The minimum atomic E-state index is -0.818. The van der Waals surface area contributed by atoms with E-state index in [1.54, 1.807) is 4.90 Å². The van der Waals surface area contributed by atoms with Crippen molar-refractivity contribution in [2.45, 2.75) is 46.3 Å². The molecule has 3 atom stereocenters. The second kappa shape index (κ2) is 3.62. The molecule has 2 aliphatic rings. The largest absolute Gasteiger partial charge is 0.481 e. The van der Waals surface area contributed by atoms with Crippen molar-refractivity contribution in [3.8, 4) is 0 Å². The van der Waals surface area contributed by atoms with Crippen molar-refractivity contribution in [1.29, 1.82) is 0 Å². The summed E-state index contributed by atoms with van der Waals surface area (Å²) in [6, 6.07) is 0.00782. The number of fused-ring (bicyclic) bond motifs is 1. The molecule has 2 rings (SSSR count). The number of rotatable bonds is 1. The van der Waals surface area contributed by atoms with Crippen LogP contribution in [0.15, 0.2) is 0 Å². The van der Waals surface area contributed by atoms with Gasteiger partial charge in [0.25, 0.3) is 0 Å². The highest BCUT2D eigenvalue weighted by Gasteiger charge is 2.71. The third-order valence-corrected chi connectivity index (χ3v) is 3.96. The molecule has 5 nitrogen and oxygen atoms in total. The number of ether oxygens (including phenoxy) is 1. The standard InChI is InChI=1S/C13H21NO4/c1-12(2,3)18-11(17)14-6-7(10(15)16)8-9(14)13(8,4)5/h7-9H,6H2,1-5H3,(H,15,16)/t7-,8+,9-/m1/s1. The highest BCUT2D eigenvalue weighted by Crippen LogP contribution is 2.63. The third-order valence-electron chi connectivity index (χ3n) is 3.96. The SMILES string of the molecule is CC(C)(C)OC(=O)N1C[C@@H](C(=O)O)[C@H]2[C@@H]1C2(C)C. The number of carboxylic acids is 1. The van der Waals surface area contributed by atoms with E-state index < -0.39 is 23.6 Å². The summed E-state index contributed by atoms with van der Waals surface area (Å²) < 4.78 is 5.33. The summed E-state index contributed by atoms with van der Waals surface area (Å²) >= 11 is 0. The van der Waals surface area contributed by atoms with Crippen molar-refractivity contribution in [2.24, 2.45) is 17.3 Å². The monoisotopic (exact) mass is 255 g/mol. The zero-order chi connectivity index (χ0) is 13.9. The molecule has 0 unspecified atom stereocenters. The van der Waals surface area contributed by atoms with Gasteiger partial charge in [-0.05, 0) is 26.2 Å². The van der Waals surface area contributed by atoms with Crippen LogP contribution in [0.5, 0.6) is 0 Å². The summed E-state index contributed by atoms with van der Waals surface area (Å²) in [5, 5.41) is 9.20. The fourth-order valence-corrected chi connectivity index (χ4v) is 3.16. The molecule has 1 heterocycles. The predicted molar refractivity (Wildman–Crippen MR) is 65.1 cm³/mol. The Morgan fingerprint density at radius 2 is 1.89 bits per heavy atom. The number of carbonyl (C=O) groups is 2. The van der Waals surface area contributed by atoms with E-state index in [2.05, 4.69) is 0 Å². The molecule has 1 aliphatic carbocycles. The molecule has 18 heavy (non-hydrogen) atoms. The Hall–Kier alpha value is -1.26. The maximum absolute atomic E-state index is 12.1. The first-order chi connectivity index (χ1) is 8.05. The Labute approximate surface area is 107 Å². The molecular weight excluding hydrogens is 234 g/mol. The fraction of sp³-hybridized carbons (Fsp3) is 0.846. The number of aliphatic carboxylic acids is 1. The lowest BCUT2D eigenvalue weighted by molar-refractivity contribution is -0.142. The van der Waals surface area contributed by atoms with Gasteiger partial charge < -0.3 is 14.7 Å². The number of nitrogens with zero attached hydrogens (tertiary/aromatic N) is 1. The molecule has 2 fully saturated rings. The zero-order valence-electron chi connectivity index (χ0n) is 11.6. The summed E-state index contributed by atoms with van der Waals surface area (Å²) in [5.74, 6) is -1.22. The minimum absolute atomic E-state index is 0.00782. The first-order valence-electron chi connectivity index (χ1n) is 6.28. The van der Waals surface area contributed by atoms with Crippen LogP contribution in [0, 0.1) is 17.3 Å². The molecule has 0 aromatic rings. The normalized spacial score (nSPS) is 32.9. The van der Waals surface area contributed by atoms with Gasteiger partial charge >= 0.3 is 12.1 Å². The number of carbonyl (C=O) groups excluding carboxylic acids is 1. The van der Waals surface area contributed by atoms with Gasteiger partial charge in [0.15, 0.2) is 0 Å². The van der Waals surface area contributed by atoms with Gasteiger partial charge in [0.05, 0.1) is 5.92 Å². The van der Waals surface area contributed by atoms with Gasteiger partial charge in [-0.2, -0.15) is 0 Å². The summed E-state index contributed by atoms with van der Waals surface area (Å²) in [5.41, 5.74) is -0.662. The van der Waals surface area contributed by atoms with Crippen molar-refractivity contribution in [3.05, 3.63) is 0 Å². The van der Waals surface area contributed by atoms with E-state index in [0.717, 1.165) is 0 Å². The van der Waals surface area contributed by atoms with E-state index in [9.17, 15) is 14.7 Å². The summed E-state index contributed by atoms with van der Waals surface area (Å²) in [4.78, 5) is 24.9. The average Bonchev–Trinajstić information content (AvgIpc) is 2.58. The molecular formula is C13H21NO4. The first kappa shape index (κ1) is 13.2. The summed E-state index contributed by atoms with van der Waals surface area (Å²) in [6.45, 7) is 9.72. The van der Waals surface area contributed by atoms with Crippen molar-refractivity contribution in [3.63, 3.8) is 0 Å². The lowest BCUT2D eigenvalue weighted by Gasteiger charge is -2.28. The Balaban J connectivity index is 2.12. The van der Waals surface area contributed by atoms with Gasteiger partial charge in [0, 0.05) is 18.5 Å². The third kappa shape index (κ3) is 1.95. The molecule has 1 saturated heterocycles. The second-order valence-corrected chi connectivity index (χ2v) is 6.87. The summed E-state index contributed by atoms with van der Waals surface area (Å²) in [6.07, 6.45) is -0.396. The summed E-state index contributed by atoms with van der Waals surface area (Å²) in [7, 11) is 0. The lowest BCUT2D eigenvalue weighted by Crippen LogP contribution is -2.40. The molecule has 0 radical (unpaired) electrons. The molecule has 1 aliphatic heterocycles. The molecule has 0 spiro atoms.